The molecule has 1 atom stereocenters. The van der Waals surface area contributed by atoms with Gasteiger partial charge in [-0.25, -0.2) is 14.4 Å². The van der Waals surface area contributed by atoms with Crippen molar-refractivity contribution >= 4 is 23.4 Å². The lowest BCUT2D eigenvalue weighted by Crippen LogP contribution is -2.54. The Morgan fingerprint density at radius 3 is 2.50 bits per heavy atom. The summed E-state index contributed by atoms with van der Waals surface area (Å²) in [7, 11) is 0. The molecule has 0 aromatic carbocycles. The van der Waals surface area contributed by atoms with Crippen molar-refractivity contribution in [1.29, 1.82) is 0 Å². The minimum Gasteiger partial charge on any atom is -0.512 e. The van der Waals surface area contributed by atoms with Crippen LogP contribution in [0.25, 0.3) is 11.6 Å². The van der Waals surface area contributed by atoms with E-state index in [0.717, 1.165) is 5.57 Å². The van der Waals surface area contributed by atoms with E-state index in [0.29, 0.717) is 49.8 Å². The lowest BCUT2D eigenvalue weighted by atomic mass is 9.88. The molecule has 2 heterocycles. The van der Waals surface area contributed by atoms with Crippen LogP contribution in [-0.4, -0.2) is 63.3 Å². The Morgan fingerprint density at radius 1 is 1.18 bits per heavy atom. The maximum absolute atomic E-state index is 14.3. The number of aliphatic hydroxyl groups excluding tert-OH is 2. The normalized spacial score (nSPS) is 18.6. The van der Waals surface area contributed by atoms with E-state index >= 15 is 0 Å². The van der Waals surface area contributed by atoms with Crippen LogP contribution < -0.4 is 4.90 Å². The Bertz CT molecular complexity index is 1060. The second-order valence-corrected chi connectivity index (χ2v) is 9.49. The fraction of sp³-hybridized carbons (Fsp3) is 0.423. The maximum atomic E-state index is 14.3. The van der Waals surface area contributed by atoms with Gasteiger partial charge in [-0.15, -0.1) is 0 Å². The van der Waals surface area contributed by atoms with Crippen molar-refractivity contribution in [2.24, 2.45) is 5.41 Å². The summed E-state index contributed by atoms with van der Waals surface area (Å²) < 4.78 is 14.3. The molecule has 1 aromatic rings. The molecule has 1 saturated heterocycles. The topological polar surface area (TPSA) is 89.8 Å². The Balaban J connectivity index is 1.89. The van der Waals surface area contributed by atoms with Crippen molar-refractivity contribution < 1.29 is 19.4 Å². The fourth-order valence-electron chi connectivity index (χ4n) is 3.73. The summed E-state index contributed by atoms with van der Waals surface area (Å²) in [6, 6.07) is 0. The highest BCUT2D eigenvalue weighted by Crippen LogP contribution is 2.28. The van der Waals surface area contributed by atoms with Gasteiger partial charge >= 0.3 is 0 Å². The van der Waals surface area contributed by atoms with Gasteiger partial charge in [0.2, 0.25) is 0 Å². The van der Waals surface area contributed by atoms with Crippen molar-refractivity contribution in [2.45, 2.75) is 40.2 Å². The maximum Gasteiger partial charge on any atom is 0.252 e. The quantitative estimate of drug-likeness (QED) is 0.630. The summed E-state index contributed by atoms with van der Waals surface area (Å²) in [5, 5.41) is 20.4. The van der Waals surface area contributed by atoms with E-state index in [1.807, 2.05) is 37.8 Å². The number of anilines is 1. The number of piperazine rings is 1. The number of allylic oxidation sites excluding steroid dienone is 8. The molecule has 1 aromatic heterocycles. The summed E-state index contributed by atoms with van der Waals surface area (Å²) in [5.41, 5.74) is 0.729. The molecular formula is C26H33FN4O3. The standard InChI is InChI=1S/C26H33FN4O3/c1-5-8-20(27)15-19-17-28-23(18-9-6-7-10-21(32)16-18)29-24(19)30-11-13-31(14-12-30)25(34)22(33)26(2,3)4/h5-10,15,17,22,32-33H,11-14,16H2,1-4H3/b8-5-,20-15+. The highest BCUT2D eigenvalue weighted by atomic mass is 19.1. The largest absolute Gasteiger partial charge is 0.512 e. The van der Waals surface area contributed by atoms with Crippen LogP contribution in [0.1, 0.15) is 45.5 Å². The SMILES string of the molecule is C/C=C\C(F)=C/c1cnc(C2=CC=CC=C(O)C2)nc1N1CCN(C(=O)C(O)C(C)(C)C)CC1. The van der Waals surface area contributed by atoms with Gasteiger partial charge in [0.25, 0.3) is 5.91 Å². The van der Waals surface area contributed by atoms with Crippen LogP contribution in [0, 0.1) is 5.41 Å². The first-order valence-electron chi connectivity index (χ1n) is 11.4. The summed E-state index contributed by atoms with van der Waals surface area (Å²) in [4.78, 5) is 25.5. The van der Waals surface area contributed by atoms with Crippen LogP contribution >= 0.6 is 0 Å². The van der Waals surface area contributed by atoms with Crippen LogP contribution in [0.2, 0.25) is 0 Å². The van der Waals surface area contributed by atoms with Crippen molar-refractivity contribution in [3.8, 4) is 0 Å². The van der Waals surface area contributed by atoms with Gasteiger partial charge in [-0.3, -0.25) is 4.79 Å². The van der Waals surface area contributed by atoms with Gasteiger partial charge in [0.15, 0.2) is 5.82 Å². The molecule has 0 spiro atoms. The number of aliphatic hydroxyl groups is 2. The zero-order chi connectivity index (χ0) is 24.9. The second kappa shape index (κ2) is 10.8. The van der Waals surface area contributed by atoms with Gasteiger partial charge in [0.05, 0.1) is 5.76 Å². The molecule has 1 aliphatic heterocycles. The van der Waals surface area contributed by atoms with Gasteiger partial charge in [-0.05, 0) is 30.6 Å². The zero-order valence-electron chi connectivity index (χ0n) is 20.2. The number of hydrogen-bond donors (Lipinski definition) is 2. The molecule has 1 aliphatic carbocycles. The van der Waals surface area contributed by atoms with Crippen LogP contribution in [0.15, 0.2) is 54.2 Å². The third-order valence-electron chi connectivity index (χ3n) is 5.72. The molecule has 1 unspecified atom stereocenters. The van der Waals surface area contributed by atoms with Crippen molar-refractivity contribution in [2.75, 3.05) is 31.1 Å². The molecule has 2 aliphatic rings. The van der Waals surface area contributed by atoms with Gasteiger partial charge in [0, 0.05) is 49.9 Å². The molecule has 0 saturated carbocycles. The molecule has 2 N–H and O–H groups in total. The average Bonchev–Trinajstić information content (AvgIpc) is 3.02. The lowest BCUT2D eigenvalue weighted by molar-refractivity contribution is -0.146. The van der Waals surface area contributed by atoms with Gasteiger partial charge in [0.1, 0.15) is 17.7 Å². The van der Waals surface area contributed by atoms with E-state index in [1.54, 1.807) is 36.2 Å². The molecular weight excluding hydrogens is 435 g/mol. The number of aromatic nitrogens is 2. The second-order valence-electron chi connectivity index (χ2n) is 9.49. The molecule has 8 heteroatoms. The number of halogens is 1. The average molecular weight is 469 g/mol. The number of amides is 1. The Labute approximate surface area is 200 Å². The number of carbonyl (C=O) groups excluding carboxylic acids is 1. The highest BCUT2D eigenvalue weighted by molar-refractivity contribution is 5.82. The monoisotopic (exact) mass is 468 g/mol. The first-order chi connectivity index (χ1) is 16.1. The van der Waals surface area contributed by atoms with Gasteiger partial charge in [-0.1, -0.05) is 45.1 Å². The Hall–Kier alpha value is -3.26. The summed E-state index contributed by atoms with van der Waals surface area (Å²) in [6.45, 7) is 9.03. The molecule has 0 radical (unpaired) electrons. The van der Waals surface area contributed by atoms with Crippen LogP contribution in [0.4, 0.5) is 10.2 Å². The fourth-order valence-corrected chi connectivity index (χ4v) is 3.73. The number of nitrogens with zero attached hydrogens (tertiary/aromatic N) is 4. The van der Waals surface area contributed by atoms with Crippen molar-refractivity contribution in [3.05, 3.63) is 65.6 Å². The molecule has 3 rings (SSSR count). The molecule has 34 heavy (non-hydrogen) atoms. The van der Waals surface area contributed by atoms with Crippen LogP contribution in [0.3, 0.4) is 0 Å². The lowest BCUT2D eigenvalue weighted by Gasteiger charge is -2.38. The number of hydrogen-bond acceptors (Lipinski definition) is 6. The molecule has 1 amide bonds. The van der Waals surface area contributed by atoms with E-state index in [2.05, 4.69) is 4.98 Å². The Morgan fingerprint density at radius 2 is 1.85 bits per heavy atom. The first-order valence-corrected chi connectivity index (χ1v) is 11.4. The molecule has 182 valence electrons. The Kier molecular flexibility index (Phi) is 8.04. The van der Waals surface area contributed by atoms with Crippen LogP contribution in [-0.2, 0) is 4.79 Å². The van der Waals surface area contributed by atoms with Gasteiger partial charge in [-0.2, -0.15) is 0 Å². The third-order valence-corrected chi connectivity index (χ3v) is 5.72. The molecule has 7 nitrogen and oxygen atoms in total. The zero-order valence-corrected chi connectivity index (χ0v) is 20.2. The van der Waals surface area contributed by atoms with E-state index in [9.17, 15) is 19.4 Å². The highest BCUT2D eigenvalue weighted by Gasteiger charge is 2.34. The number of carbonyl (C=O) groups is 1. The third kappa shape index (κ3) is 6.20. The predicted molar refractivity (Wildman–Crippen MR) is 133 cm³/mol. The van der Waals surface area contributed by atoms with Crippen molar-refractivity contribution in [3.63, 3.8) is 0 Å². The summed E-state index contributed by atoms with van der Waals surface area (Å²) in [6.07, 6.45) is 12.2. The minimum absolute atomic E-state index is 0.206. The van der Waals surface area contributed by atoms with Crippen molar-refractivity contribution in [1.82, 2.24) is 14.9 Å². The van der Waals surface area contributed by atoms with E-state index < -0.39 is 17.3 Å². The summed E-state index contributed by atoms with van der Waals surface area (Å²) >= 11 is 0. The van der Waals surface area contributed by atoms with E-state index in [-0.39, 0.29) is 11.7 Å². The smallest absolute Gasteiger partial charge is 0.252 e. The van der Waals surface area contributed by atoms with E-state index in [4.69, 9.17) is 4.98 Å². The molecule has 1 fully saturated rings. The van der Waals surface area contributed by atoms with Gasteiger partial charge < -0.3 is 20.0 Å². The minimum atomic E-state index is -1.07. The van der Waals surface area contributed by atoms with Crippen LogP contribution in [0.5, 0.6) is 0 Å². The predicted octanol–water partition coefficient (Wildman–Crippen LogP) is 4.20. The summed E-state index contributed by atoms with van der Waals surface area (Å²) in [5.74, 6) is 0.516. The van der Waals surface area contributed by atoms with E-state index in [1.165, 1.54) is 12.2 Å². The molecule has 0 bridgehead atoms. The first kappa shape index (κ1) is 25.4. The number of rotatable bonds is 5.